The molecular weight excluding hydrogens is 256 g/mol. The number of hydrogen-bond donors (Lipinski definition) is 1. The van der Waals surface area contributed by atoms with E-state index in [1.807, 2.05) is 19.0 Å². The van der Waals surface area contributed by atoms with Gasteiger partial charge >= 0.3 is 0 Å². The molecule has 1 atom stereocenters. The van der Waals surface area contributed by atoms with Crippen LogP contribution in [0.15, 0.2) is 0 Å². The number of rotatable bonds is 6. The van der Waals surface area contributed by atoms with Gasteiger partial charge in [0.05, 0.1) is 6.10 Å². The number of hydrogen-bond acceptors (Lipinski definition) is 7. The Balaban J connectivity index is 2.20. The lowest BCUT2D eigenvalue weighted by molar-refractivity contribution is 0.121. The molecule has 2 rings (SSSR count). The predicted octanol–water partition coefficient (Wildman–Crippen LogP) is 0.985. The lowest BCUT2D eigenvalue weighted by Crippen LogP contribution is -2.26. The summed E-state index contributed by atoms with van der Waals surface area (Å²) in [6.07, 6.45) is 2.31. The molecule has 0 bridgehead atoms. The SMILES string of the molecule is CCCNc1nc(N(C)C)nc(N2CCC(OC)C2)n1. The van der Waals surface area contributed by atoms with Crippen molar-refractivity contribution in [1.29, 1.82) is 0 Å². The number of aromatic nitrogens is 3. The summed E-state index contributed by atoms with van der Waals surface area (Å²) in [6, 6.07) is 0. The van der Waals surface area contributed by atoms with Crippen molar-refractivity contribution in [3.05, 3.63) is 0 Å². The number of nitrogens with zero attached hydrogens (tertiary/aromatic N) is 5. The van der Waals surface area contributed by atoms with E-state index in [0.717, 1.165) is 38.4 Å². The molecule has 1 aliphatic heterocycles. The van der Waals surface area contributed by atoms with Gasteiger partial charge in [0, 0.05) is 40.8 Å². The van der Waals surface area contributed by atoms with Crippen LogP contribution in [0.1, 0.15) is 19.8 Å². The van der Waals surface area contributed by atoms with Crippen molar-refractivity contribution in [2.75, 3.05) is 56.0 Å². The molecule has 7 heteroatoms. The molecule has 1 aliphatic rings. The zero-order chi connectivity index (χ0) is 14.5. The van der Waals surface area contributed by atoms with E-state index < -0.39 is 0 Å². The van der Waals surface area contributed by atoms with E-state index in [1.54, 1.807) is 7.11 Å². The maximum absolute atomic E-state index is 5.40. The zero-order valence-electron chi connectivity index (χ0n) is 12.8. The molecule has 2 heterocycles. The predicted molar refractivity (Wildman–Crippen MR) is 80.6 cm³/mol. The maximum atomic E-state index is 5.40. The van der Waals surface area contributed by atoms with Crippen LogP contribution < -0.4 is 15.1 Å². The highest BCUT2D eigenvalue weighted by Gasteiger charge is 2.25. The van der Waals surface area contributed by atoms with Gasteiger partial charge in [-0.15, -0.1) is 0 Å². The van der Waals surface area contributed by atoms with Crippen LogP contribution >= 0.6 is 0 Å². The molecule has 0 saturated carbocycles. The van der Waals surface area contributed by atoms with E-state index in [4.69, 9.17) is 4.74 Å². The molecule has 0 aliphatic carbocycles. The van der Waals surface area contributed by atoms with Crippen LogP contribution in [0.3, 0.4) is 0 Å². The topological polar surface area (TPSA) is 66.4 Å². The minimum Gasteiger partial charge on any atom is -0.380 e. The second kappa shape index (κ2) is 6.69. The van der Waals surface area contributed by atoms with Crippen LogP contribution in [-0.4, -0.2) is 61.9 Å². The van der Waals surface area contributed by atoms with Gasteiger partial charge in [0.25, 0.3) is 0 Å². The van der Waals surface area contributed by atoms with Crippen molar-refractivity contribution in [1.82, 2.24) is 15.0 Å². The summed E-state index contributed by atoms with van der Waals surface area (Å²) < 4.78 is 5.40. The Kier molecular flexibility index (Phi) is 4.94. The minimum atomic E-state index is 0.265. The fourth-order valence-electron chi connectivity index (χ4n) is 2.11. The Morgan fingerprint density at radius 3 is 2.75 bits per heavy atom. The fourth-order valence-corrected chi connectivity index (χ4v) is 2.11. The Morgan fingerprint density at radius 2 is 2.15 bits per heavy atom. The highest BCUT2D eigenvalue weighted by Crippen LogP contribution is 2.20. The van der Waals surface area contributed by atoms with E-state index in [9.17, 15) is 0 Å². The molecule has 0 aromatic carbocycles. The number of methoxy groups -OCH3 is 1. The molecule has 1 aromatic heterocycles. The molecule has 20 heavy (non-hydrogen) atoms. The molecule has 1 aromatic rings. The monoisotopic (exact) mass is 280 g/mol. The lowest BCUT2D eigenvalue weighted by atomic mass is 10.3. The molecule has 1 N–H and O–H groups in total. The number of ether oxygens (including phenoxy) is 1. The first kappa shape index (κ1) is 14.8. The molecule has 0 spiro atoms. The van der Waals surface area contributed by atoms with Crippen LogP contribution in [0.2, 0.25) is 0 Å². The normalized spacial score (nSPS) is 18.4. The quantitative estimate of drug-likeness (QED) is 0.833. The molecule has 1 saturated heterocycles. The van der Waals surface area contributed by atoms with Gasteiger partial charge in [0.15, 0.2) is 0 Å². The third-order valence-corrected chi connectivity index (χ3v) is 3.31. The van der Waals surface area contributed by atoms with Gasteiger partial charge in [0.1, 0.15) is 0 Å². The smallest absolute Gasteiger partial charge is 0.232 e. The third-order valence-electron chi connectivity index (χ3n) is 3.31. The van der Waals surface area contributed by atoms with Crippen LogP contribution in [0.5, 0.6) is 0 Å². The van der Waals surface area contributed by atoms with E-state index in [2.05, 4.69) is 32.1 Å². The molecule has 0 radical (unpaired) electrons. The highest BCUT2D eigenvalue weighted by atomic mass is 16.5. The third kappa shape index (κ3) is 3.47. The summed E-state index contributed by atoms with van der Waals surface area (Å²) in [5.74, 6) is 2.04. The second-order valence-corrected chi connectivity index (χ2v) is 5.17. The summed E-state index contributed by atoms with van der Waals surface area (Å²) in [4.78, 5) is 17.5. The van der Waals surface area contributed by atoms with Gasteiger partial charge in [-0.1, -0.05) is 6.92 Å². The summed E-state index contributed by atoms with van der Waals surface area (Å²) in [5, 5.41) is 3.23. The van der Waals surface area contributed by atoms with Gasteiger partial charge in [-0.3, -0.25) is 0 Å². The van der Waals surface area contributed by atoms with Crippen LogP contribution in [0.25, 0.3) is 0 Å². The zero-order valence-corrected chi connectivity index (χ0v) is 12.8. The Hall–Kier alpha value is -1.63. The van der Waals surface area contributed by atoms with E-state index in [0.29, 0.717) is 11.9 Å². The molecule has 112 valence electrons. The molecule has 1 fully saturated rings. The highest BCUT2D eigenvalue weighted by molar-refractivity contribution is 5.45. The Labute approximate surface area is 120 Å². The van der Waals surface area contributed by atoms with Crippen LogP contribution in [0, 0.1) is 0 Å². The summed E-state index contributed by atoms with van der Waals surface area (Å²) in [7, 11) is 5.62. The molecule has 7 nitrogen and oxygen atoms in total. The minimum absolute atomic E-state index is 0.265. The van der Waals surface area contributed by atoms with Crippen molar-refractivity contribution in [2.45, 2.75) is 25.9 Å². The van der Waals surface area contributed by atoms with Crippen LogP contribution in [0.4, 0.5) is 17.8 Å². The lowest BCUT2D eigenvalue weighted by Gasteiger charge is -2.19. The van der Waals surface area contributed by atoms with Gasteiger partial charge in [-0.2, -0.15) is 15.0 Å². The van der Waals surface area contributed by atoms with Crippen molar-refractivity contribution < 1.29 is 4.74 Å². The molecule has 0 amide bonds. The van der Waals surface area contributed by atoms with Crippen molar-refractivity contribution in [3.63, 3.8) is 0 Å². The van der Waals surface area contributed by atoms with Crippen LogP contribution in [-0.2, 0) is 4.74 Å². The van der Waals surface area contributed by atoms with Gasteiger partial charge in [-0.25, -0.2) is 0 Å². The first-order chi connectivity index (χ1) is 9.63. The van der Waals surface area contributed by atoms with Crippen molar-refractivity contribution in [2.24, 2.45) is 0 Å². The van der Waals surface area contributed by atoms with Crippen molar-refractivity contribution >= 4 is 17.8 Å². The first-order valence-corrected chi connectivity index (χ1v) is 7.09. The number of anilines is 3. The summed E-state index contributed by atoms with van der Waals surface area (Å²) >= 11 is 0. The summed E-state index contributed by atoms with van der Waals surface area (Å²) in [5.41, 5.74) is 0. The molecular formula is C13H24N6O. The fraction of sp³-hybridized carbons (Fsp3) is 0.769. The average Bonchev–Trinajstić information content (AvgIpc) is 2.93. The standard InChI is InChI=1S/C13H24N6O/c1-5-7-14-11-15-12(18(2)3)17-13(16-11)19-8-6-10(9-19)20-4/h10H,5-9H2,1-4H3,(H,14,15,16,17). The first-order valence-electron chi connectivity index (χ1n) is 7.09. The van der Waals surface area contributed by atoms with E-state index in [1.165, 1.54) is 0 Å². The molecule has 1 unspecified atom stereocenters. The number of nitrogens with one attached hydrogen (secondary N) is 1. The Bertz CT molecular complexity index is 439. The van der Waals surface area contributed by atoms with Crippen molar-refractivity contribution in [3.8, 4) is 0 Å². The average molecular weight is 280 g/mol. The largest absolute Gasteiger partial charge is 0.380 e. The Morgan fingerprint density at radius 1 is 1.35 bits per heavy atom. The van der Waals surface area contributed by atoms with E-state index in [-0.39, 0.29) is 6.10 Å². The van der Waals surface area contributed by atoms with Gasteiger partial charge in [-0.05, 0) is 12.8 Å². The summed E-state index contributed by atoms with van der Waals surface area (Å²) in [6.45, 7) is 4.73. The second-order valence-electron chi connectivity index (χ2n) is 5.17. The maximum Gasteiger partial charge on any atom is 0.232 e. The van der Waals surface area contributed by atoms with Gasteiger partial charge < -0.3 is 19.9 Å². The van der Waals surface area contributed by atoms with Gasteiger partial charge in [0.2, 0.25) is 17.8 Å². The van der Waals surface area contributed by atoms with E-state index >= 15 is 0 Å².